The monoisotopic (exact) mass is 274 g/mol. The first-order valence-electron chi connectivity index (χ1n) is 5.61. The number of H-pyrrole nitrogens is 1. The fourth-order valence-electron chi connectivity index (χ4n) is 1.92. The highest BCUT2D eigenvalue weighted by Crippen LogP contribution is 2.23. The molecule has 0 aliphatic carbocycles. The van der Waals surface area contributed by atoms with Gasteiger partial charge >= 0.3 is 6.03 Å². The number of pyridine rings is 1. The number of urea groups is 1. The molecule has 0 saturated carbocycles. The molecule has 0 bridgehead atoms. The molecule has 0 radical (unpaired) electrons. The topological polar surface area (TPSA) is 114 Å². The lowest BCUT2D eigenvalue weighted by molar-refractivity contribution is -0.143. The van der Waals surface area contributed by atoms with E-state index in [1.807, 2.05) is 0 Å². The van der Waals surface area contributed by atoms with Crippen LogP contribution in [0.5, 0.6) is 0 Å². The molecule has 1 aromatic rings. The number of carbonyl (C=O) groups is 3. The van der Waals surface area contributed by atoms with Gasteiger partial charge in [0, 0.05) is 19.8 Å². The number of likely N-dealkylation sites (N-methyl/N-ethyl adjacent to an activating group) is 2. The minimum atomic E-state index is -1.29. The summed E-state index contributed by atoms with van der Waals surface area (Å²) in [7, 11) is 2.50. The number of nitrogens with one attached hydrogen (secondary N) is 1. The summed E-state index contributed by atoms with van der Waals surface area (Å²) in [5.74, 6) is -2.74. The first-order valence-corrected chi connectivity index (χ1v) is 5.61. The number of nitrogens with zero attached hydrogens (tertiary/aromatic N) is 3. The maximum atomic E-state index is 12.0. The van der Waals surface area contributed by atoms with Crippen molar-refractivity contribution < 1.29 is 14.4 Å². The van der Waals surface area contributed by atoms with Crippen LogP contribution in [0.3, 0.4) is 0 Å². The Morgan fingerprint density at radius 1 is 1.10 bits per heavy atom. The fourth-order valence-corrected chi connectivity index (χ4v) is 1.92. The highest BCUT2D eigenvalue weighted by atomic mass is 16.2. The van der Waals surface area contributed by atoms with Crippen molar-refractivity contribution >= 4 is 17.8 Å². The normalized spacial score (nSPS) is 16.6. The van der Waals surface area contributed by atoms with Crippen LogP contribution >= 0.6 is 0 Å². The summed E-state index contributed by atoms with van der Waals surface area (Å²) in [5, 5.41) is 8.68. The van der Waals surface area contributed by atoms with Crippen LogP contribution in [0, 0.1) is 11.3 Å². The van der Waals surface area contributed by atoms with Gasteiger partial charge in [0.2, 0.25) is 11.8 Å². The van der Waals surface area contributed by atoms with Crippen molar-refractivity contribution in [1.29, 1.82) is 5.26 Å². The van der Waals surface area contributed by atoms with Gasteiger partial charge in [-0.1, -0.05) is 0 Å². The quantitative estimate of drug-likeness (QED) is 0.685. The van der Waals surface area contributed by atoms with E-state index in [4.69, 9.17) is 5.26 Å². The minimum absolute atomic E-state index is 0.0511. The number of hydrogen-bond donors (Lipinski definition) is 1. The summed E-state index contributed by atoms with van der Waals surface area (Å²) in [4.78, 5) is 51.1. The Morgan fingerprint density at radius 2 is 1.65 bits per heavy atom. The van der Waals surface area contributed by atoms with E-state index in [1.54, 1.807) is 6.07 Å². The molecule has 0 aromatic carbocycles. The van der Waals surface area contributed by atoms with E-state index in [2.05, 4.69) is 4.98 Å². The molecule has 2 heterocycles. The molecule has 1 N–H and O–H groups in total. The predicted molar refractivity (Wildman–Crippen MR) is 65.5 cm³/mol. The molecule has 1 aliphatic heterocycles. The van der Waals surface area contributed by atoms with E-state index in [0.717, 1.165) is 9.80 Å². The number of amides is 4. The summed E-state index contributed by atoms with van der Waals surface area (Å²) < 4.78 is 0. The average Bonchev–Trinajstić information content (AvgIpc) is 2.43. The van der Waals surface area contributed by atoms with Gasteiger partial charge in [-0.15, -0.1) is 0 Å². The molecule has 102 valence electrons. The van der Waals surface area contributed by atoms with Crippen molar-refractivity contribution in [1.82, 2.24) is 14.8 Å². The van der Waals surface area contributed by atoms with Crippen molar-refractivity contribution in [2.75, 3.05) is 14.1 Å². The molecule has 0 unspecified atom stereocenters. The van der Waals surface area contributed by atoms with Crippen molar-refractivity contribution in [3.63, 3.8) is 0 Å². The predicted octanol–water partition coefficient (Wildman–Crippen LogP) is -0.619. The second-order valence-corrected chi connectivity index (χ2v) is 4.28. The maximum absolute atomic E-state index is 12.0. The molecule has 8 heteroatoms. The Kier molecular flexibility index (Phi) is 3.11. The van der Waals surface area contributed by atoms with Gasteiger partial charge in [0.15, 0.2) is 5.92 Å². The number of carbonyl (C=O) groups excluding carboxylic acids is 3. The lowest BCUT2D eigenvalue weighted by Crippen LogP contribution is -2.56. The van der Waals surface area contributed by atoms with Gasteiger partial charge in [0.25, 0.3) is 5.56 Å². The van der Waals surface area contributed by atoms with Crippen LogP contribution < -0.4 is 5.56 Å². The van der Waals surface area contributed by atoms with Gasteiger partial charge in [-0.25, -0.2) is 4.79 Å². The largest absolute Gasteiger partial charge is 0.332 e. The lowest BCUT2D eigenvalue weighted by Gasteiger charge is -2.32. The number of aromatic nitrogens is 1. The molecule has 4 amide bonds. The van der Waals surface area contributed by atoms with Crippen molar-refractivity contribution in [2.24, 2.45) is 0 Å². The minimum Gasteiger partial charge on any atom is -0.324 e. The number of imide groups is 2. The fraction of sp³-hybridized carbons (Fsp3) is 0.250. The summed E-state index contributed by atoms with van der Waals surface area (Å²) >= 11 is 0. The lowest BCUT2D eigenvalue weighted by atomic mass is 9.99. The van der Waals surface area contributed by atoms with Crippen molar-refractivity contribution in [3.05, 3.63) is 33.7 Å². The summed E-state index contributed by atoms with van der Waals surface area (Å²) in [6.07, 6.45) is 0. The van der Waals surface area contributed by atoms with Gasteiger partial charge in [0.1, 0.15) is 11.6 Å². The standard InChI is InChI=1S/C12H10N4O4/c1-15-10(18)8(11(19)16(2)12(15)20)7-4-3-6(5-13)9(17)14-7/h3-4,8H,1-2H3,(H,14,17). The van der Waals surface area contributed by atoms with E-state index in [1.165, 1.54) is 26.2 Å². The summed E-state index contributed by atoms with van der Waals surface area (Å²) in [6, 6.07) is 3.50. The number of nitriles is 1. The zero-order valence-corrected chi connectivity index (χ0v) is 10.7. The molecule has 0 atom stereocenters. The van der Waals surface area contributed by atoms with Gasteiger partial charge < -0.3 is 4.98 Å². The Balaban J connectivity index is 2.51. The van der Waals surface area contributed by atoms with E-state index in [-0.39, 0.29) is 11.3 Å². The molecule has 2 rings (SSSR count). The Labute approximate surface area is 113 Å². The second-order valence-electron chi connectivity index (χ2n) is 4.28. The Bertz CT molecular complexity index is 691. The molecular formula is C12H10N4O4. The van der Waals surface area contributed by atoms with Crippen molar-refractivity contribution in [3.8, 4) is 6.07 Å². The number of aromatic amines is 1. The Morgan fingerprint density at radius 3 is 2.10 bits per heavy atom. The highest BCUT2D eigenvalue weighted by Gasteiger charge is 2.43. The molecule has 1 saturated heterocycles. The maximum Gasteiger partial charge on any atom is 0.332 e. The molecule has 0 spiro atoms. The molecule has 1 aliphatic rings. The van der Waals surface area contributed by atoms with Gasteiger partial charge in [-0.2, -0.15) is 5.26 Å². The third-order valence-electron chi connectivity index (χ3n) is 3.09. The van der Waals surface area contributed by atoms with E-state index in [9.17, 15) is 19.2 Å². The SMILES string of the molecule is CN1C(=O)C(c2ccc(C#N)c(=O)[nH]2)C(=O)N(C)C1=O. The smallest absolute Gasteiger partial charge is 0.324 e. The highest BCUT2D eigenvalue weighted by molar-refractivity contribution is 6.18. The number of barbiturate groups is 1. The zero-order chi connectivity index (χ0) is 15.0. The van der Waals surface area contributed by atoms with E-state index >= 15 is 0 Å². The molecule has 8 nitrogen and oxygen atoms in total. The van der Waals surface area contributed by atoms with Gasteiger partial charge in [-0.05, 0) is 12.1 Å². The Hall–Kier alpha value is -2.95. The van der Waals surface area contributed by atoms with Crippen LogP contribution in [0.4, 0.5) is 4.79 Å². The molecule has 1 aromatic heterocycles. The summed E-state index contributed by atoms with van der Waals surface area (Å²) in [5.41, 5.74) is -0.759. The summed E-state index contributed by atoms with van der Waals surface area (Å²) in [6.45, 7) is 0. The zero-order valence-electron chi connectivity index (χ0n) is 10.7. The van der Waals surface area contributed by atoms with Crippen LogP contribution in [-0.4, -0.2) is 46.7 Å². The number of hydrogen-bond acceptors (Lipinski definition) is 5. The van der Waals surface area contributed by atoms with Crippen LogP contribution in [0.15, 0.2) is 16.9 Å². The van der Waals surface area contributed by atoms with Gasteiger partial charge in [-0.3, -0.25) is 24.2 Å². The molecule has 20 heavy (non-hydrogen) atoms. The van der Waals surface area contributed by atoms with Crippen LogP contribution in [-0.2, 0) is 9.59 Å². The average molecular weight is 274 g/mol. The van der Waals surface area contributed by atoms with Gasteiger partial charge in [0.05, 0.1) is 0 Å². The van der Waals surface area contributed by atoms with Crippen LogP contribution in [0.2, 0.25) is 0 Å². The first kappa shape index (κ1) is 13.5. The molecular weight excluding hydrogens is 264 g/mol. The van der Waals surface area contributed by atoms with E-state index in [0.29, 0.717) is 0 Å². The third kappa shape index (κ3) is 1.85. The van der Waals surface area contributed by atoms with Crippen molar-refractivity contribution in [2.45, 2.75) is 5.92 Å². The first-order chi connectivity index (χ1) is 9.38. The van der Waals surface area contributed by atoms with E-state index < -0.39 is 29.3 Å². The number of rotatable bonds is 1. The second kappa shape index (κ2) is 4.62. The third-order valence-corrected chi connectivity index (χ3v) is 3.09. The van der Waals surface area contributed by atoms with Crippen LogP contribution in [0.25, 0.3) is 0 Å². The van der Waals surface area contributed by atoms with Crippen LogP contribution in [0.1, 0.15) is 17.2 Å². The molecule has 1 fully saturated rings.